The normalized spacial score (nSPS) is 20.1. The molecule has 2 aromatic rings. The van der Waals surface area contributed by atoms with Crippen molar-refractivity contribution in [2.45, 2.75) is 37.2 Å². The minimum Gasteiger partial charge on any atom is -0.376 e. The molecule has 1 aliphatic heterocycles. The third kappa shape index (κ3) is 5.13. The Balaban J connectivity index is 1.82. The molecule has 0 aliphatic carbocycles. The standard InChI is InChI=1S/C21H19F6NO2/c22-20(23,24)16-8-14(9-17(10-16)21(25,26)27)12-30-13-19(6-7-28-18(29)11-19)15-4-2-1-3-5-15/h1-5,8-10H,6-7,11-13H2,(H,28,29)/t19-/m1/s1. The van der Waals surface area contributed by atoms with E-state index in [-0.39, 0.29) is 30.6 Å². The maximum absolute atomic E-state index is 13.0. The maximum atomic E-state index is 13.0. The van der Waals surface area contributed by atoms with Gasteiger partial charge in [-0.1, -0.05) is 30.3 Å². The highest BCUT2D eigenvalue weighted by Crippen LogP contribution is 2.37. The Morgan fingerprint density at radius 1 is 0.933 bits per heavy atom. The van der Waals surface area contributed by atoms with E-state index in [0.717, 1.165) is 5.56 Å². The topological polar surface area (TPSA) is 38.3 Å². The van der Waals surface area contributed by atoms with E-state index in [0.29, 0.717) is 25.1 Å². The molecule has 0 bridgehead atoms. The fourth-order valence-electron chi connectivity index (χ4n) is 3.61. The number of carbonyl (C=O) groups excluding carboxylic acids is 1. The zero-order valence-electron chi connectivity index (χ0n) is 15.7. The van der Waals surface area contributed by atoms with E-state index in [1.807, 2.05) is 18.2 Å². The molecule has 1 N–H and O–H groups in total. The molecule has 162 valence electrons. The number of nitrogens with one attached hydrogen (secondary N) is 1. The molecule has 1 heterocycles. The highest BCUT2D eigenvalue weighted by Gasteiger charge is 2.39. The van der Waals surface area contributed by atoms with Crippen LogP contribution in [0.2, 0.25) is 0 Å². The third-order valence-electron chi connectivity index (χ3n) is 5.11. The van der Waals surface area contributed by atoms with Crippen molar-refractivity contribution in [3.8, 4) is 0 Å². The number of carbonyl (C=O) groups is 1. The molecule has 30 heavy (non-hydrogen) atoms. The Hall–Kier alpha value is -2.55. The van der Waals surface area contributed by atoms with Crippen LogP contribution in [0.1, 0.15) is 35.1 Å². The van der Waals surface area contributed by atoms with E-state index in [1.54, 1.807) is 12.1 Å². The summed E-state index contributed by atoms with van der Waals surface area (Å²) in [5.74, 6) is -0.188. The second-order valence-electron chi connectivity index (χ2n) is 7.33. The molecule has 3 rings (SSSR count). The summed E-state index contributed by atoms with van der Waals surface area (Å²) in [7, 11) is 0. The zero-order chi connectivity index (χ0) is 22.0. The highest BCUT2D eigenvalue weighted by molar-refractivity contribution is 5.78. The van der Waals surface area contributed by atoms with Crippen LogP contribution in [0.25, 0.3) is 0 Å². The van der Waals surface area contributed by atoms with Gasteiger partial charge < -0.3 is 10.1 Å². The molecule has 2 aromatic carbocycles. The van der Waals surface area contributed by atoms with Crippen LogP contribution in [-0.4, -0.2) is 19.1 Å². The van der Waals surface area contributed by atoms with Gasteiger partial charge in [0.1, 0.15) is 0 Å². The van der Waals surface area contributed by atoms with E-state index < -0.39 is 35.5 Å². The Morgan fingerprint density at radius 3 is 2.07 bits per heavy atom. The number of hydrogen-bond donors (Lipinski definition) is 1. The average Bonchev–Trinajstić information content (AvgIpc) is 2.67. The van der Waals surface area contributed by atoms with E-state index in [1.165, 1.54) is 0 Å². The number of piperidine rings is 1. The Morgan fingerprint density at radius 2 is 1.53 bits per heavy atom. The first kappa shape index (κ1) is 22.1. The van der Waals surface area contributed by atoms with E-state index in [9.17, 15) is 31.1 Å². The summed E-state index contributed by atoms with van der Waals surface area (Å²) < 4.78 is 83.7. The van der Waals surface area contributed by atoms with Crippen molar-refractivity contribution < 1.29 is 35.9 Å². The monoisotopic (exact) mass is 431 g/mol. The summed E-state index contributed by atoms with van der Waals surface area (Å²) in [4.78, 5) is 12.0. The predicted molar refractivity (Wildman–Crippen MR) is 96.5 cm³/mol. The quantitative estimate of drug-likeness (QED) is 0.670. The highest BCUT2D eigenvalue weighted by atomic mass is 19.4. The van der Waals surface area contributed by atoms with Crippen LogP contribution in [0.4, 0.5) is 26.3 Å². The fourth-order valence-corrected chi connectivity index (χ4v) is 3.61. The molecule has 1 amide bonds. The summed E-state index contributed by atoms with van der Waals surface area (Å²) in [6, 6.07) is 10.4. The van der Waals surface area contributed by atoms with Crippen LogP contribution in [0.3, 0.4) is 0 Å². The lowest BCUT2D eigenvalue weighted by Gasteiger charge is -2.37. The Kier molecular flexibility index (Phi) is 6.12. The van der Waals surface area contributed by atoms with Crippen molar-refractivity contribution in [2.24, 2.45) is 0 Å². The lowest BCUT2D eigenvalue weighted by molar-refractivity contribution is -0.143. The first-order valence-corrected chi connectivity index (χ1v) is 9.18. The molecule has 1 aliphatic rings. The van der Waals surface area contributed by atoms with Crippen LogP contribution in [0.5, 0.6) is 0 Å². The van der Waals surface area contributed by atoms with Gasteiger partial charge in [-0.2, -0.15) is 26.3 Å². The first-order valence-electron chi connectivity index (χ1n) is 9.18. The van der Waals surface area contributed by atoms with Crippen molar-refractivity contribution in [2.75, 3.05) is 13.2 Å². The largest absolute Gasteiger partial charge is 0.416 e. The van der Waals surface area contributed by atoms with E-state index in [4.69, 9.17) is 4.74 Å². The van der Waals surface area contributed by atoms with Crippen LogP contribution in [0, 0.1) is 0 Å². The minimum absolute atomic E-state index is 0.0119. The summed E-state index contributed by atoms with van der Waals surface area (Å²) in [6.45, 7) is -0.0515. The lowest BCUT2D eigenvalue weighted by atomic mass is 9.73. The predicted octanol–water partition coefficient (Wildman–Crippen LogP) is 5.09. The molecule has 0 radical (unpaired) electrons. The molecule has 0 saturated carbocycles. The number of hydrogen-bond acceptors (Lipinski definition) is 2. The molecule has 0 spiro atoms. The molecule has 0 aromatic heterocycles. The van der Waals surface area contributed by atoms with Crippen LogP contribution in [-0.2, 0) is 33.9 Å². The van der Waals surface area contributed by atoms with Gasteiger partial charge in [0.15, 0.2) is 0 Å². The molecule has 1 atom stereocenters. The molecule has 0 unspecified atom stereocenters. The third-order valence-corrected chi connectivity index (χ3v) is 5.11. The fraction of sp³-hybridized carbons (Fsp3) is 0.381. The Labute approximate surface area is 169 Å². The van der Waals surface area contributed by atoms with Crippen LogP contribution in [0.15, 0.2) is 48.5 Å². The van der Waals surface area contributed by atoms with Crippen molar-refractivity contribution in [1.29, 1.82) is 0 Å². The Bertz CT molecular complexity index is 862. The van der Waals surface area contributed by atoms with Gasteiger partial charge in [0.05, 0.1) is 24.3 Å². The number of ether oxygens (including phenoxy) is 1. The molecule has 1 fully saturated rings. The van der Waals surface area contributed by atoms with Crippen LogP contribution >= 0.6 is 0 Å². The molecular formula is C21H19F6NO2. The van der Waals surface area contributed by atoms with Crippen molar-refractivity contribution in [1.82, 2.24) is 5.32 Å². The second-order valence-corrected chi connectivity index (χ2v) is 7.33. The lowest BCUT2D eigenvalue weighted by Crippen LogP contribution is -2.46. The van der Waals surface area contributed by atoms with Crippen molar-refractivity contribution in [3.05, 3.63) is 70.8 Å². The van der Waals surface area contributed by atoms with E-state index >= 15 is 0 Å². The number of benzene rings is 2. The SMILES string of the molecule is O=C1C[C@](COCc2cc(C(F)(F)F)cc(C(F)(F)F)c2)(c2ccccc2)CCN1. The maximum Gasteiger partial charge on any atom is 0.416 e. The van der Waals surface area contributed by atoms with Crippen molar-refractivity contribution in [3.63, 3.8) is 0 Å². The summed E-state index contributed by atoms with van der Waals surface area (Å²) >= 11 is 0. The van der Waals surface area contributed by atoms with Gasteiger partial charge in [-0.15, -0.1) is 0 Å². The van der Waals surface area contributed by atoms with Gasteiger partial charge >= 0.3 is 12.4 Å². The molecule has 1 saturated heterocycles. The first-order chi connectivity index (χ1) is 14.0. The van der Waals surface area contributed by atoms with Gasteiger partial charge in [0.25, 0.3) is 0 Å². The van der Waals surface area contributed by atoms with Crippen molar-refractivity contribution >= 4 is 5.91 Å². The number of rotatable bonds is 5. The molecular weight excluding hydrogens is 412 g/mol. The number of amides is 1. The second kappa shape index (κ2) is 8.29. The van der Waals surface area contributed by atoms with E-state index in [2.05, 4.69) is 5.32 Å². The van der Waals surface area contributed by atoms with Gasteiger partial charge in [-0.25, -0.2) is 0 Å². The summed E-state index contributed by atoms with van der Waals surface area (Å²) in [5.41, 5.74) is -2.87. The molecule has 9 heteroatoms. The minimum atomic E-state index is -4.91. The van der Waals surface area contributed by atoms with Gasteiger partial charge in [-0.05, 0) is 35.7 Å². The summed E-state index contributed by atoms with van der Waals surface area (Å²) in [5, 5.41) is 2.72. The average molecular weight is 431 g/mol. The zero-order valence-corrected chi connectivity index (χ0v) is 15.7. The van der Waals surface area contributed by atoms with Gasteiger partial charge in [-0.3, -0.25) is 4.79 Å². The molecule has 3 nitrogen and oxygen atoms in total. The van der Waals surface area contributed by atoms with Gasteiger partial charge in [0.2, 0.25) is 5.91 Å². The smallest absolute Gasteiger partial charge is 0.376 e. The number of halogens is 6. The summed E-state index contributed by atoms with van der Waals surface area (Å²) in [6.07, 6.45) is -9.17. The van der Waals surface area contributed by atoms with Crippen LogP contribution < -0.4 is 5.32 Å². The number of alkyl halides is 6. The van der Waals surface area contributed by atoms with Gasteiger partial charge in [0, 0.05) is 18.4 Å².